The van der Waals surface area contributed by atoms with Crippen molar-refractivity contribution < 1.29 is 0 Å². The Morgan fingerprint density at radius 3 is 1.68 bits per heavy atom. The van der Waals surface area contributed by atoms with Crippen LogP contribution >= 0.6 is 6.89 Å². The van der Waals surface area contributed by atoms with Crippen molar-refractivity contribution >= 4 is 23.8 Å². The molecular weight excluding hydrogens is 399 g/mol. The molecular formula is C26H21N4P. The molecule has 0 saturated heterocycles. The van der Waals surface area contributed by atoms with Gasteiger partial charge in [-0.05, 0) is 47.1 Å². The number of nitrogens with zero attached hydrogens (tertiary/aromatic N) is 4. The van der Waals surface area contributed by atoms with Crippen LogP contribution in [0.25, 0.3) is 9.69 Å². The number of rotatable bonds is 5. The summed E-state index contributed by atoms with van der Waals surface area (Å²) in [4.78, 5) is 7.11. The second-order valence-corrected chi connectivity index (χ2v) is 10.5. The Bertz CT molecular complexity index is 1160. The van der Waals surface area contributed by atoms with Crippen LogP contribution in [0.3, 0.4) is 0 Å². The Morgan fingerprint density at radius 2 is 1.29 bits per heavy atom. The maximum Gasteiger partial charge on any atom is 0.269 e. The van der Waals surface area contributed by atoms with E-state index in [0.717, 1.165) is 36.3 Å². The number of hydrogen-bond donors (Lipinski definition) is 0. The molecule has 4 nitrogen and oxygen atoms in total. The summed E-state index contributed by atoms with van der Waals surface area (Å²) in [5.41, 5.74) is 0.450. The fourth-order valence-corrected chi connectivity index (χ4v) is 7.61. The molecule has 1 fully saturated rings. The highest BCUT2D eigenvalue weighted by molar-refractivity contribution is 7.91. The Hall–Kier alpha value is -3.82. The van der Waals surface area contributed by atoms with Crippen molar-refractivity contribution in [1.29, 1.82) is 10.5 Å². The molecule has 1 saturated carbocycles. The van der Waals surface area contributed by atoms with Gasteiger partial charge < -0.3 is 0 Å². The first-order valence-electron chi connectivity index (χ1n) is 10.0. The van der Waals surface area contributed by atoms with Gasteiger partial charge in [0.1, 0.15) is 0 Å². The maximum absolute atomic E-state index is 9.96. The van der Waals surface area contributed by atoms with Gasteiger partial charge in [0.25, 0.3) is 11.4 Å². The molecule has 150 valence electrons. The smallest absolute Gasteiger partial charge is 0.226 e. The van der Waals surface area contributed by atoms with E-state index in [-0.39, 0.29) is 17.3 Å². The van der Waals surface area contributed by atoms with Crippen LogP contribution in [0.2, 0.25) is 0 Å². The first-order chi connectivity index (χ1) is 15.1. The minimum atomic E-state index is -2.72. The van der Waals surface area contributed by atoms with Crippen LogP contribution in [-0.4, -0.2) is 6.30 Å². The van der Waals surface area contributed by atoms with E-state index in [2.05, 4.69) is 28.1 Å². The third-order valence-electron chi connectivity index (χ3n) is 5.71. The van der Waals surface area contributed by atoms with Gasteiger partial charge >= 0.3 is 0 Å². The van der Waals surface area contributed by atoms with E-state index in [4.69, 9.17) is 13.1 Å². The van der Waals surface area contributed by atoms with Gasteiger partial charge in [0.2, 0.25) is 0 Å². The van der Waals surface area contributed by atoms with Crippen LogP contribution in [0.5, 0.6) is 0 Å². The van der Waals surface area contributed by atoms with Gasteiger partial charge in [-0.3, -0.25) is 0 Å². The van der Waals surface area contributed by atoms with Gasteiger partial charge in [0, 0.05) is 0 Å². The normalized spacial score (nSPS) is 15.5. The zero-order valence-corrected chi connectivity index (χ0v) is 18.0. The number of benzene rings is 2. The van der Waals surface area contributed by atoms with E-state index in [1.165, 1.54) is 0 Å². The van der Waals surface area contributed by atoms with Gasteiger partial charge in [-0.15, -0.1) is 0 Å². The molecule has 1 aliphatic carbocycles. The second kappa shape index (κ2) is 9.79. The van der Waals surface area contributed by atoms with Gasteiger partial charge in [-0.1, -0.05) is 79.8 Å². The summed E-state index contributed by atoms with van der Waals surface area (Å²) in [5, 5.41) is 22.1. The molecule has 0 N–H and O–H groups in total. The highest BCUT2D eigenvalue weighted by atomic mass is 31.2. The summed E-state index contributed by atoms with van der Waals surface area (Å²) in [6.45, 7) is 12.7. The average Bonchev–Trinajstić information content (AvgIpc) is 3.36. The van der Waals surface area contributed by atoms with Gasteiger partial charge in [0.15, 0.2) is 0 Å². The summed E-state index contributed by atoms with van der Waals surface area (Å²) in [7, 11) is 0. The van der Waals surface area contributed by atoms with E-state index in [9.17, 15) is 10.5 Å². The molecule has 0 aliphatic heterocycles. The zero-order chi connectivity index (χ0) is 22.3. The molecule has 0 amide bonds. The third kappa shape index (κ3) is 4.09. The standard InChI is InChI=1S/C26H21N4P/c1-29-23(18-27)25(20-12-10-11-13-20)26(24(19-28)30-2)31(3,21-14-6-4-7-15-21)22-16-8-5-9-17-22/h4-9,14-17,20H,3,10-13H2/b25-23+,26-24-. The fraction of sp³-hybridized carbons (Fsp3) is 0.192. The van der Waals surface area contributed by atoms with Crippen LogP contribution in [0.1, 0.15) is 25.7 Å². The molecule has 0 radical (unpaired) electrons. The Labute approximate surface area is 184 Å². The quantitative estimate of drug-likeness (QED) is 0.272. The minimum absolute atomic E-state index is 0.0295. The lowest BCUT2D eigenvalue weighted by atomic mass is 9.94. The zero-order valence-electron chi connectivity index (χ0n) is 17.1. The number of nitriles is 2. The van der Waals surface area contributed by atoms with E-state index in [1.807, 2.05) is 60.7 Å². The Kier molecular flexibility index (Phi) is 6.91. The van der Waals surface area contributed by atoms with E-state index in [0.29, 0.717) is 10.9 Å². The van der Waals surface area contributed by atoms with Gasteiger partial charge in [-0.25, -0.2) is 20.2 Å². The molecule has 0 atom stereocenters. The molecule has 0 spiro atoms. The predicted molar refractivity (Wildman–Crippen MR) is 127 cm³/mol. The van der Waals surface area contributed by atoms with Gasteiger partial charge in [-0.2, -0.15) is 0 Å². The highest BCUT2D eigenvalue weighted by Crippen LogP contribution is 2.59. The van der Waals surface area contributed by atoms with Crippen LogP contribution in [-0.2, 0) is 0 Å². The predicted octanol–water partition coefficient (Wildman–Crippen LogP) is 5.63. The first kappa shape index (κ1) is 21.9. The molecule has 1 aliphatic rings. The maximum atomic E-state index is 9.96. The molecule has 3 rings (SSSR count). The van der Waals surface area contributed by atoms with Crippen molar-refractivity contribution in [1.82, 2.24) is 0 Å². The first-order valence-corrected chi connectivity index (χ1v) is 12.0. The van der Waals surface area contributed by atoms with Crippen molar-refractivity contribution in [3.8, 4) is 12.1 Å². The van der Waals surface area contributed by atoms with Crippen LogP contribution < -0.4 is 10.6 Å². The summed E-state index contributed by atoms with van der Waals surface area (Å²) in [6.07, 6.45) is 8.34. The molecule has 5 heteroatoms. The van der Waals surface area contributed by atoms with Crippen LogP contribution in [0.4, 0.5) is 0 Å². The lowest BCUT2D eigenvalue weighted by molar-refractivity contribution is 0.652. The topological polar surface area (TPSA) is 56.3 Å². The van der Waals surface area contributed by atoms with Crippen molar-refractivity contribution in [2.45, 2.75) is 25.7 Å². The van der Waals surface area contributed by atoms with E-state index < -0.39 is 6.89 Å². The van der Waals surface area contributed by atoms with Gasteiger partial charge in [0.05, 0.1) is 25.3 Å². The number of hydrogen-bond acceptors (Lipinski definition) is 2. The number of allylic oxidation sites excluding steroid dienone is 4. The molecule has 0 heterocycles. The lowest BCUT2D eigenvalue weighted by Gasteiger charge is -2.33. The summed E-state index contributed by atoms with van der Waals surface area (Å²) < 4.78 is 0. The SMILES string of the molecule is [C-]#[N+]/C(C#N)=C(/C(=C(\C#N)[N+]#[C-])C1CCCC1)P(=C)(c1ccccc1)c1ccccc1. The van der Waals surface area contributed by atoms with E-state index >= 15 is 0 Å². The van der Waals surface area contributed by atoms with Crippen molar-refractivity contribution in [3.05, 3.63) is 106 Å². The minimum Gasteiger partial charge on any atom is -0.226 e. The van der Waals surface area contributed by atoms with Crippen molar-refractivity contribution in [2.75, 3.05) is 0 Å². The molecule has 0 aromatic heterocycles. The van der Waals surface area contributed by atoms with Crippen molar-refractivity contribution in [2.24, 2.45) is 5.92 Å². The largest absolute Gasteiger partial charge is 0.269 e. The molecule has 2 aromatic rings. The molecule has 0 bridgehead atoms. The van der Waals surface area contributed by atoms with Crippen LogP contribution in [0, 0.1) is 41.7 Å². The summed E-state index contributed by atoms with van der Waals surface area (Å²) >= 11 is 0. The monoisotopic (exact) mass is 420 g/mol. The average molecular weight is 420 g/mol. The summed E-state index contributed by atoms with van der Waals surface area (Å²) in [6, 6.07) is 23.5. The molecule has 2 aromatic carbocycles. The second-order valence-electron chi connectivity index (χ2n) is 7.37. The van der Waals surface area contributed by atoms with E-state index in [1.54, 1.807) is 0 Å². The highest BCUT2D eigenvalue weighted by Gasteiger charge is 2.35. The van der Waals surface area contributed by atoms with Crippen LogP contribution in [0.15, 0.2) is 82.9 Å². The third-order valence-corrected chi connectivity index (χ3v) is 9.28. The Morgan fingerprint density at radius 1 is 0.839 bits per heavy atom. The molecule has 31 heavy (non-hydrogen) atoms. The lowest BCUT2D eigenvalue weighted by Crippen LogP contribution is -2.21. The fourth-order valence-electron chi connectivity index (χ4n) is 4.28. The van der Waals surface area contributed by atoms with Crippen molar-refractivity contribution in [3.63, 3.8) is 0 Å². The Balaban J connectivity index is 2.51. The summed E-state index contributed by atoms with van der Waals surface area (Å²) in [5.74, 6) is -0.0302. The molecule has 0 unspecified atom stereocenters.